The summed E-state index contributed by atoms with van der Waals surface area (Å²) in [6, 6.07) is 0.625. The van der Waals surface area contributed by atoms with E-state index < -0.39 is 6.10 Å². The Morgan fingerprint density at radius 3 is 2.62 bits per heavy atom. The van der Waals surface area contributed by atoms with Crippen molar-refractivity contribution in [2.24, 2.45) is 5.92 Å². The van der Waals surface area contributed by atoms with Gasteiger partial charge in [0, 0.05) is 12.2 Å². The number of amides is 1. The van der Waals surface area contributed by atoms with Crippen LogP contribution in [0.5, 0.6) is 0 Å². The number of hydrogen-bond acceptors (Lipinski definition) is 3. The van der Waals surface area contributed by atoms with E-state index in [9.17, 15) is 9.90 Å². The molecule has 1 atom stereocenters. The van der Waals surface area contributed by atoms with Crippen LogP contribution in [0.25, 0.3) is 0 Å². The highest BCUT2D eigenvalue weighted by Gasteiger charge is 2.26. The number of hydrogen-bond donors (Lipinski definition) is 2. The van der Waals surface area contributed by atoms with Crippen LogP contribution in [0.1, 0.15) is 57.6 Å². The van der Waals surface area contributed by atoms with Gasteiger partial charge in [0.1, 0.15) is 6.10 Å². The van der Waals surface area contributed by atoms with Crippen molar-refractivity contribution in [3.63, 3.8) is 0 Å². The second-order valence-corrected chi connectivity index (χ2v) is 6.66. The Morgan fingerprint density at radius 2 is 2.10 bits per heavy atom. The van der Waals surface area contributed by atoms with E-state index in [-0.39, 0.29) is 11.9 Å². The number of aliphatic hydroxyl groups excluding tert-OH is 1. The van der Waals surface area contributed by atoms with Gasteiger partial charge < -0.3 is 10.4 Å². The van der Waals surface area contributed by atoms with Crippen LogP contribution < -0.4 is 5.32 Å². The summed E-state index contributed by atoms with van der Waals surface area (Å²) < 4.78 is 2.04. The number of carbonyl (C=O) groups is 1. The van der Waals surface area contributed by atoms with Crippen LogP contribution >= 0.6 is 0 Å². The summed E-state index contributed by atoms with van der Waals surface area (Å²) in [5, 5.41) is 17.2. The number of rotatable bonds is 5. The molecule has 0 bridgehead atoms. The van der Waals surface area contributed by atoms with Crippen molar-refractivity contribution in [3.05, 3.63) is 18.0 Å². The van der Waals surface area contributed by atoms with Gasteiger partial charge in [-0.05, 0) is 50.5 Å². The Hall–Kier alpha value is -1.36. The minimum Gasteiger partial charge on any atom is -0.383 e. The predicted octanol–water partition coefficient (Wildman–Crippen LogP) is 2.20. The molecule has 2 rings (SSSR count). The van der Waals surface area contributed by atoms with E-state index in [0.717, 1.165) is 25.7 Å². The molecule has 1 unspecified atom stereocenters. The number of nitrogens with one attached hydrogen (secondary N) is 1. The summed E-state index contributed by atoms with van der Waals surface area (Å²) in [7, 11) is 0. The zero-order valence-electron chi connectivity index (χ0n) is 13.2. The van der Waals surface area contributed by atoms with Gasteiger partial charge in [0.05, 0.1) is 12.2 Å². The summed E-state index contributed by atoms with van der Waals surface area (Å²) in [6.45, 7) is 6.06. The number of aliphatic hydroxyl groups is 1. The van der Waals surface area contributed by atoms with Gasteiger partial charge in [-0.25, -0.2) is 0 Å². The molecule has 1 aliphatic rings. The Kier molecular flexibility index (Phi) is 5.39. The summed E-state index contributed by atoms with van der Waals surface area (Å²) >= 11 is 0. The highest BCUT2D eigenvalue weighted by Crippen LogP contribution is 2.28. The first kappa shape index (κ1) is 16.0. The molecule has 1 aromatic rings. The van der Waals surface area contributed by atoms with Crippen LogP contribution in [0.15, 0.2) is 12.4 Å². The molecule has 0 aliphatic heterocycles. The van der Waals surface area contributed by atoms with E-state index in [1.807, 2.05) is 31.6 Å². The van der Waals surface area contributed by atoms with Crippen LogP contribution in [0.3, 0.4) is 0 Å². The maximum Gasteiger partial charge on any atom is 0.249 e. The quantitative estimate of drug-likeness (QED) is 0.874. The lowest BCUT2D eigenvalue weighted by Gasteiger charge is -2.30. The molecule has 118 valence electrons. The molecule has 1 aliphatic carbocycles. The van der Waals surface area contributed by atoms with Gasteiger partial charge in [0.2, 0.25) is 5.91 Å². The van der Waals surface area contributed by atoms with Crippen LogP contribution in [0, 0.1) is 12.8 Å². The second-order valence-electron chi connectivity index (χ2n) is 6.66. The maximum atomic E-state index is 11.9. The molecule has 1 heterocycles. The van der Waals surface area contributed by atoms with Crippen molar-refractivity contribution in [1.82, 2.24) is 15.1 Å². The van der Waals surface area contributed by atoms with Gasteiger partial charge >= 0.3 is 0 Å². The predicted molar refractivity (Wildman–Crippen MR) is 81.9 cm³/mol. The van der Waals surface area contributed by atoms with Crippen LogP contribution in [0.4, 0.5) is 0 Å². The highest BCUT2D eigenvalue weighted by molar-refractivity contribution is 5.80. The van der Waals surface area contributed by atoms with Crippen molar-refractivity contribution in [2.75, 3.05) is 0 Å². The fourth-order valence-corrected chi connectivity index (χ4v) is 2.97. The van der Waals surface area contributed by atoms with Crippen molar-refractivity contribution >= 4 is 5.91 Å². The Morgan fingerprint density at radius 1 is 1.43 bits per heavy atom. The number of carbonyl (C=O) groups excluding carboxylic acids is 1. The Bertz CT molecular complexity index is 462. The molecule has 5 heteroatoms. The third-order valence-corrected chi connectivity index (χ3v) is 4.15. The first-order valence-corrected chi connectivity index (χ1v) is 7.95. The first-order valence-electron chi connectivity index (χ1n) is 7.95. The third-order valence-electron chi connectivity index (χ3n) is 4.15. The van der Waals surface area contributed by atoms with E-state index in [0.29, 0.717) is 18.4 Å². The molecule has 2 N–H and O–H groups in total. The average Bonchev–Trinajstić information content (AvgIpc) is 2.85. The normalized spacial score (nSPS) is 24.0. The molecule has 1 fully saturated rings. The lowest BCUT2D eigenvalue weighted by atomic mass is 9.91. The smallest absolute Gasteiger partial charge is 0.249 e. The van der Waals surface area contributed by atoms with E-state index in [4.69, 9.17) is 0 Å². The van der Waals surface area contributed by atoms with Gasteiger partial charge in [-0.1, -0.05) is 13.8 Å². The molecular weight excluding hydrogens is 266 g/mol. The highest BCUT2D eigenvalue weighted by atomic mass is 16.3. The van der Waals surface area contributed by atoms with Crippen molar-refractivity contribution in [3.8, 4) is 0 Å². The number of nitrogens with zero attached hydrogens (tertiary/aromatic N) is 2. The van der Waals surface area contributed by atoms with Crippen LogP contribution in [0.2, 0.25) is 0 Å². The lowest BCUT2D eigenvalue weighted by molar-refractivity contribution is -0.131. The van der Waals surface area contributed by atoms with E-state index in [2.05, 4.69) is 16.6 Å². The first-order chi connectivity index (χ1) is 9.95. The minimum atomic E-state index is -0.878. The van der Waals surface area contributed by atoms with Gasteiger partial charge in [-0.2, -0.15) is 5.10 Å². The second kappa shape index (κ2) is 7.07. The largest absolute Gasteiger partial charge is 0.383 e. The van der Waals surface area contributed by atoms with Crippen molar-refractivity contribution in [2.45, 2.75) is 71.1 Å². The molecule has 1 amide bonds. The summed E-state index contributed by atoms with van der Waals surface area (Å²) in [5.41, 5.74) is 1.18. The van der Waals surface area contributed by atoms with Crippen LogP contribution in [-0.2, 0) is 4.79 Å². The molecule has 0 saturated heterocycles. The molecule has 5 nitrogen and oxygen atoms in total. The SMILES string of the molecule is Cc1cnn(C2CCC(NC(=O)C(O)CC(C)C)CC2)c1. The van der Waals surface area contributed by atoms with Gasteiger partial charge in [0.25, 0.3) is 0 Å². The van der Waals surface area contributed by atoms with Gasteiger partial charge in [-0.15, -0.1) is 0 Å². The van der Waals surface area contributed by atoms with E-state index in [1.54, 1.807) is 0 Å². The minimum absolute atomic E-state index is 0.187. The fourth-order valence-electron chi connectivity index (χ4n) is 2.97. The molecule has 0 radical (unpaired) electrons. The van der Waals surface area contributed by atoms with E-state index >= 15 is 0 Å². The molecule has 1 aromatic heterocycles. The van der Waals surface area contributed by atoms with Gasteiger partial charge in [0.15, 0.2) is 0 Å². The molecule has 0 spiro atoms. The molecule has 0 aromatic carbocycles. The molecule has 1 saturated carbocycles. The molecule has 21 heavy (non-hydrogen) atoms. The summed E-state index contributed by atoms with van der Waals surface area (Å²) in [6.07, 6.45) is 7.54. The van der Waals surface area contributed by atoms with E-state index in [1.165, 1.54) is 5.56 Å². The lowest BCUT2D eigenvalue weighted by Crippen LogP contribution is -2.43. The average molecular weight is 293 g/mol. The standard InChI is InChI=1S/C16H27N3O2/c1-11(2)8-15(20)16(21)18-13-4-6-14(7-5-13)19-10-12(3)9-17-19/h9-11,13-15,20H,4-8H2,1-3H3,(H,18,21). The van der Waals surface area contributed by atoms with Crippen molar-refractivity contribution < 1.29 is 9.90 Å². The monoisotopic (exact) mass is 293 g/mol. The summed E-state index contributed by atoms with van der Waals surface area (Å²) in [5.74, 6) is 0.103. The number of aromatic nitrogens is 2. The van der Waals surface area contributed by atoms with Crippen molar-refractivity contribution in [1.29, 1.82) is 0 Å². The fraction of sp³-hybridized carbons (Fsp3) is 0.750. The third kappa shape index (κ3) is 4.56. The summed E-state index contributed by atoms with van der Waals surface area (Å²) in [4.78, 5) is 11.9. The number of aryl methyl sites for hydroxylation is 1. The topological polar surface area (TPSA) is 67.2 Å². The molecular formula is C16H27N3O2. The zero-order valence-corrected chi connectivity index (χ0v) is 13.2. The Labute approximate surface area is 126 Å². The zero-order chi connectivity index (χ0) is 15.4. The van der Waals surface area contributed by atoms with Gasteiger partial charge in [-0.3, -0.25) is 9.48 Å². The maximum absolute atomic E-state index is 11.9. The Balaban J connectivity index is 1.77. The van der Waals surface area contributed by atoms with Crippen LogP contribution in [-0.4, -0.2) is 32.9 Å².